The number of ether oxygens (including phenoxy) is 2. The normalized spacial score (nSPS) is 21.5. The second kappa shape index (κ2) is 15.3. The van der Waals surface area contributed by atoms with Crippen molar-refractivity contribution in [1.29, 1.82) is 0 Å². The smallest absolute Gasteiger partial charge is 0.408 e. The van der Waals surface area contributed by atoms with Crippen LogP contribution in [0.1, 0.15) is 58.1 Å². The van der Waals surface area contributed by atoms with Gasteiger partial charge >= 0.3 is 12.2 Å². The highest BCUT2D eigenvalue weighted by Crippen LogP contribution is 2.33. The zero-order valence-electron chi connectivity index (χ0n) is 25.1. The van der Waals surface area contributed by atoms with E-state index in [0.29, 0.717) is 25.7 Å². The molecule has 0 bridgehead atoms. The molecule has 232 valence electrons. The van der Waals surface area contributed by atoms with E-state index in [-0.39, 0.29) is 13.1 Å². The Morgan fingerprint density at radius 1 is 0.881 bits per heavy atom. The molecule has 3 rings (SSSR count). The standard InChI is InChI=1S/C32H47N3O7/c1-31(2,3)41-29(39)34-24(18-22-12-7-5-8-13-22)26(36)20-33-21-27(37)25(19-23-14-9-6-10-15-23)35-30(40)42-32(4)17-11-16-28(32)38/h5-10,12-15,24-28,33,36-38H,11,16-21H2,1-4H3,(H,34,39)(H,35,40)/t24-,25-,26+,27+,28?,32?/m0/s1. The van der Waals surface area contributed by atoms with E-state index in [4.69, 9.17) is 9.47 Å². The van der Waals surface area contributed by atoms with Crippen LogP contribution in [0.25, 0.3) is 0 Å². The predicted molar refractivity (Wildman–Crippen MR) is 160 cm³/mol. The highest BCUT2D eigenvalue weighted by atomic mass is 16.6. The summed E-state index contributed by atoms with van der Waals surface area (Å²) in [7, 11) is 0. The van der Waals surface area contributed by atoms with E-state index in [0.717, 1.165) is 17.5 Å². The number of benzene rings is 2. The van der Waals surface area contributed by atoms with Gasteiger partial charge in [0.25, 0.3) is 0 Å². The van der Waals surface area contributed by atoms with Gasteiger partial charge in [0, 0.05) is 13.1 Å². The summed E-state index contributed by atoms with van der Waals surface area (Å²) >= 11 is 0. The summed E-state index contributed by atoms with van der Waals surface area (Å²) in [6.07, 6.45) is -1.48. The number of amides is 2. The minimum Gasteiger partial charge on any atom is -0.444 e. The van der Waals surface area contributed by atoms with Crippen LogP contribution in [0.5, 0.6) is 0 Å². The summed E-state index contributed by atoms with van der Waals surface area (Å²) in [5.41, 5.74) is 0.191. The molecule has 0 aromatic heterocycles. The fraction of sp³-hybridized carbons (Fsp3) is 0.562. The van der Waals surface area contributed by atoms with Crippen molar-refractivity contribution < 1.29 is 34.4 Å². The molecule has 0 aliphatic heterocycles. The largest absolute Gasteiger partial charge is 0.444 e. The summed E-state index contributed by atoms with van der Waals surface area (Å²) in [6.45, 7) is 7.14. The van der Waals surface area contributed by atoms with Gasteiger partial charge in [-0.15, -0.1) is 0 Å². The molecular weight excluding hydrogens is 538 g/mol. The molecule has 2 amide bonds. The first-order valence-corrected chi connectivity index (χ1v) is 14.7. The van der Waals surface area contributed by atoms with Crippen LogP contribution in [0.4, 0.5) is 9.59 Å². The van der Waals surface area contributed by atoms with Crippen molar-refractivity contribution in [3.63, 3.8) is 0 Å². The summed E-state index contributed by atoms with van der Waals surface area (Å²) in [4.78, 5) is 25.3. The van der Waals surface area contributed by atoms with Gasteiger partial charge in [-0.3, -0.25) is 0 Å². The number of aliphatic hydroxyl groups excluding tert-OH is 3. The molecule has 1 fully saturated rings. The third kappa shape index (κ3) is 10.9. The van der Waals surface area contributed by atoms with Crippen LogP contribution < -0.4 is 16.0 Å². The Balaban J connectivity index is 1.61. The van der Waals surface area contributed by atoms with Crippen molar-refractivity contribution in [2.45, 2.75) is 101 Å². The molecule has 1 saturated carbocycles. The summed E-state index contributed by atoms with van der Waals surface area (Å²) in [5.74, 6) is 0. The van der Waals surface area contributed by atoms with Gasteiger partial charge in [0.2, 0.25) is 0 Å². The Kier molecular flexibility index (Phi) is 12.2. The molecular formula is C32H47N3O7. The summed E-state index contributed by atoms with van der Waals surface area (Å²) in [5, 5.41) is 41.0. The minimum absolute atomic E-state index is 0.0548. The van der Waals surface area contributed by atoms with Crippen LogP contribution in [-0.4, -0.2) is 82.2 Å². The van der Waals surface area contributed by atoms with Gasteiger partial charge < -0.3 is 40.7 Å². The molecule has 10 heteroatoms. The SMILES string of the molecule is CC(C)(C)OC(=O)N[C@@H](Cc1ccccc1)[C@H](O)CNC[C@@H](O)[C@H](Cc1ccccc1)NC(=O)OC1(C)CCCC1O. The van der Waals surface area contributed by atoms with Crippen LogP contribution in [-0.2, 0) is 22.3 Å². The number of hydrogen-bond donors (Lipinski definition) is 6. The average Bonchev–Trinajstić information content (AvgIpc) is 3.24. The van der Waals surface area contributed by atoms with E-state index < -0.39 is 53.8 Å². The van der Waals surface area contributed by atoms with Crippen molar-refractivity contribution in [3.8, 4) is 0 Å². The lowest BCUT2D eigenvalue weighted by molar-refractivity contribution is -0.0520. The van der Waals surface area contributed by atoms with Gasteiger partial charge in [-0.05, 0) is 70.9 Å². The van der Waals surface area contributed by atoms with Crippen LogP contribution in [0.2, 0.25) is 0 Å². The Labute approximate surface area is 248 Å². The molecule has 2 aromatic carbocycles. The highest BCUT2D eigenvalue weighted by molar-refractivity contribution is 5.68. The van der Waals surface area contributed by atoms with Gasteiger partial charge in [0.1, 0.15) is 11.2 Å². The minimum atomic E-state index is -1.03. The average molecular weight is 586 g/mol. The zero-order chi connectivity index (χ0) is 30.8. The molecule has 2 unspecified atom stereocenters. The van der Waals surface area contributed by atoms with Crippen LogP contribution in [0.3, 0.4) is 0 Å². The second-order valence-electron chi connectivity index (χ2n) is 12.3. The van der Waals surface area contributed by atoms with Gasteiger partial charge in [-0.2, -0.15) is 0 Å². The van der Waals surface area contributed by atoms with E-state index in [1.165, 1.54) is 0 Å². The summed E-state index contributed by atoms with van der Waals surface area (Å²) < 4.78 is 11.0. The number of alkyl carbamates (subject to hydrolysis) is 2. The number of carbonyl (C=O) groups excluding carboxylic acids is 2. The molecule has 1 aliphatic carbocycles. The van der Waals surface area contributed by atoms with E-state index in [2.05, 4.69) is 16.0 Å². The lowest BCUT2D eigenvalue weighted by Crippen LogP contribution is -2.53. The lowest BCUT2D eigenvalue weighted by atomic mass is 10.00. The van der Waals surface area contributed by atoms with Gasteiger partial charge in [-0.25, -0.2) is 9.59 Å². The molecule has 42 heavy (non-hydrogen) atoms. The third-order valence-corrected chi connectivity index (χ3v) is 7.42. The maximum atomic E-state index is 12.8. The molecule has 2 aromatic rings. The van der Waals surface area contributed by atoms with Crippen LogP contribution in [0, 0.1) is 0 Å². The number of carbonyl (C=O) groups is 2. The Hall–Kier alpha value is -3.18. The fourth-order valence-corrected chi connectivity index (χ4v) is 5.06. The monoisotopic (exact) mass is 585 g/mol. The maximum Gasteiger partial charge on any atom is 0.408 e. The Bertz CT molecular complexity index is 1110. The molecule has 6 atom stereocenters. The highest BCUT2D eigenvalue weighted by Gasteiger charge is 2.41. The third-order valence-electron chi connectivity index (χ3n) is 7.42. The van der Waals surface area contributed by atoms with E-state index in [1.54, 1.807) is 27.7 Å². The number of hydrogen-bond acceptors (Lipinski definition) is 8. The quantitative estimate of drug-likeness (QED) is 0.210. The van der Waals surface area contributed by atoms with Crippen molar-refractivity contribution in [1.82, 2.24) is 16.0 Å². The molecule has 0 radical (unpaired) electrons. The number of rotatable bonds is 13. The first kappa shape index (κ1) is 33.3. The van der Waals surface area contributed by atoms with Crippen LogP contribution >= 0.6 is 0 Å². The number of aliphatic hydroxyl groups is 3. The predicted octanol–water partition coefficient (Wildman–Crippen LogP) is 3.07. The summed E-state index contributed by atoms with van der Waals surface area (Å²) in [6, 6.07) is 17.6. The second-order valence-corrected chi connectivity index (χ2v) is 12.3. The molecule has 6 N–H and O–H groups in total. The number of nitrogens with one attached hydrogen (secondary N) is 3. The van der Waals surface area contributed by atoms with E-state index in [1.807, 2.05) is 60.7 Å². The molecule has 0 heterocycles. The maximum absolute atomic E-state index is 12.8. The van der Waals surface area contributed by atoms with E-state index >= 15 is 0 Å². The molecule has 0 saturated heterocycles. The molecule has 1 aliphatic rings. The van der Waals surface area contributed by atoms with Gasteiger partial charge in [0.05, 0.1) is 30.4 Å². The van der Waals surface area contributed by atoms with Crippen molar-refractivity contribution in [2.75, 3.05) is 13.1 Å². The molecule has 10 nitrogen and oxygen atoms in total. The first-order valence-electron chi connectivity index (χ1n) is 14.7. The van der Waals surface area contributed by atoms with Crippen LogP contribution in [0.15, 0.2) is 60.7 Å². The van der Waals surface area contributed by atoms with E-state index in [9.17, 15) is 24.9 Å². The van der Waals surface area contributed by atoms with Crippen molar-refractivity contribution >= 4 is 12.2 Å². The van der Waals surface area contributed by atoms with Gasteiger partial charge in [0.15, 0.2) is 0 Å². The Morgan fingerprint density at radius 2 is 1.36 bits per heavy atom. The topological polar surface area (TPSA) is 149 Å². The Morgan fingerprint density at radius 3 is 1.79 bits per heavy atom. The first-order chi connectivity index (χ1) is 19.8. The van der Waals surface area contributed by atoms with Crippen molar-refractivity contribution in [2.24, 2.45) is 0 Å². The molecule has 0 spiro atoms. The van der Waals surface area contributed by atoms with Gasteiger partial charge in [-0.1, -0.05) is 60.7 Å². The zero-order valence-corrected chi connectivity index (χ0v) is 25.1. The van der Waals surface area contributed by atoms with Crippen molar-refractivity contribution in [3.05, 3.63) is 71.8 Å². The lowest BCUT2D eigenvalue weighted by Gasteiger charge is -2.31. The fourth-order valence-electron chi connectivity index (χ4n) is 5.06.